The number of nitrogens with one attached hydrogen (secondary N) is 1. The number of nitrogens with two attached hydrogens (primary N) is 1. The van der Waals surface area contributed by atoms with E-state index in [1.54, 1.807) is 0 Å². The van der Waals surface area contributed by atoms with E-state index in [2.05, 4.69) is 32.9 Å². The van der Waals surface area contributed by atoms with Crippen LogP contribution in [0.1, 0.15) is 0 Å². The largest absolute Gasteiger partial charge is 0.392 e. The zero-order valence-corrected chi connectivity index (χ0v) is 11.1. The maximum atomic E-state index is 12.9. The lowest BCUT2D eigenvalue weighted by Crippen LogP contribution is -2.26. The molecule has 4 nitrogen and oxygen atoms in total. The molecule has 88 valence electrons. The van der Waals surface area contributed by atoms with Crippen molar-refractivity contribution in [3.8, 4) is 0 Å². The number of hydrogen-bond donors (Lipinski definition) is 2. The molecular weight excluding hydrogens is 319 g/mol. The quantitative estimate of drug-likeness (QED) is 0.825. The first kappa shape index (κ1) is 13.3. The molecule has 0 saturated carbocycles. The highest BCUT2D eigenvalue weighted by molar-refractivity contribution is 9.10. The smallest absolute Gasteiger partial charge is 0.239 e. The Morgan fingerprint density at radius 3 is 2.75 bits per heavy atom. The van der Waals surface area contributed by atoms with Crippen LogP contribution in [0.25, 0.3) is 0 Å². The van der Waals surface area contributed by atoms with Gasteiger partial charge in [0.15, 0.2) is 0 Å². The van der Waals surface area contributed by atoms with Crippen molar-refractivity contribution in [2.45, 2.75) is 0 Å². The molecule has 0 saturated heterocycles. The summed E-state index contributed by atoms with van der Waals surface area (Å²) >= 11 is 7.58. The summed E-state index contributed by atoms with van der Waals surface area (Å²) in [6.45, 7) is 0. The van der Waals surface area contributed by atoms with Crippen molar-refractivity contribution in [1.82, 2.24) is 0 Å². The van der Waals surface area contributed by atoms with Crippen LogP contribution in [-0.2, 0) is 10.0 Å². The highest BCUT2D eigenvalue weighted by Gasteiger charge is 2.14. The second-order valence-corrected chi connectivity index (χ2v) is 6.05. The fourth-order valence-electron chi connectivity index (χ4n) is 0.967. The lowest BCUT2D eigenvalue weighted by Gasteiger charge is -2.08. The summed E-state index contributed by atoms with van der Waals surface area (Å²) in [7, 11) is -3.69. The van der Waals surface area contributed by atoms with Crippen molar-refractivity contribution in [1.29, 1.82) is 0 Å². The van der Waals surface area contributed by atoms with Gasteiger partial charge in [-0.1, -0.05) is 12.2 Å². The van der Waals surface area contributed by atoms with Gasteiger partial charge in [-0.2, -0.15) is 0 Å². The first-order valence-electron chi connectivity index (χ1n) is 4.04. The van der Waals surface area contributed by atoms with Crippen LogP contribution in [0.3, 0.4) is 0 Å². The molecule has 0 atom stereocenters. The summed E-state index contributed by atoms with van der Waals surface area (Å²) in [5, 5.41) is 0. The van der Waals surface area contributed by atoms with E-state index >= 15 is 0 Å². The van der Waals surface area contributed by atoms with Crippen molar-refractivity contribution in [3.05, 3.63) is 28.5 Å². The maximum Gasteiger partial charge on any atom is 0.239 e. The van der Waals surface area contributed by atoms with Gasteiger partial charge in [-0.3, -0.25) is 4.72 Å². The predicted molar refractivity (Wildman–Crippen MR) is 68.3 cm³/mol. The maximum absolute atomic E-state index is 12.9. The van der Waals surface area contributed by atoms with E-state index in [1.165, 1.54) is 12.1 Å². The van der Waals surface area contributed by atoms with Gasteiger partial charge in [-0.25, -0.2) is 12.8 Å². The zero-order chi connectivity index (χ0) is 12.3. The lowest BCUT2D eigenvalue weighted by atomic mass is 10.3. The molecule has 0 aliphatic carbocycles. The van der Waals surface area contributed by atoms with Crippen molar-refractivity contribution < 1.29 is 12.8 Å². The minimum atomic E-state index is -3.69. The third-order valence-corrected chi connectivity index (χ3v) is 3.77. The average Bonchev–Trinajstić information content (AvgIpc) is 2.08. The summed E-state index contributed by atoms with van der Waals surface area (Å²) in [5.41, 5.74) is 5.23. The standard InChI is InChI=1S/C8H8BrFN2O2S2/c9-6-2-1-5(10)3-7(6)12-16(13,14)4-8(11)15/h1-3,12H,4H2,(H2,11,15). The molecule has 3 N–H and O–H groups in total. The Balaban J connectivity index is 2.96. The molecule has 1 rings (SSSR count). The van der Waals surface area contributed by atoms with Gasteiger partial charge in [0, 0.05) is 4.47 Å². The predicted octanol–water partition coefficient (Wildman–Crippen LogP) is 1.62. The van der Waals surface area contributed by atoms with Crippen LogP contribution in [0.5, 0.6) is 0 Å². The van der Waals surface area contributed by atoms with Gasteiger partial charge >= 0.3 is 0 Å². The second kappa shape index (κ2) is 5.07. The Kier molecular flexibility index (Phi) is 4.22. The van der Waals surface area contributed by atoms with Crippen LogP contribution in [0.4, 0.5) is 10.1 Å². The highest BCUT2D eigenvalue weighted by atomic mass is 79.9. The van der Waals surface area contributed by atoms with Crippen LogP contribution < -0.4 is 10.5 Å². The number of sulfonamides is 1. The first-order valence-corrected chi connectivity index (χ1v) is 6.89. The van der Waals surface area contributed by atoms with Crippen LogP contribution in [-0.4, -0.2) is 19.2 Å². The van der Waals surface area contributed by atoms with Crippen molar-refractivity contribution in [3.63, 3.8) is 0 Å². The summed E-state index contributed by atoms with van der Waals surface area (Å²) in [4.78, 5) is -0.153. The van der Waals surface area contributed by atoms with E-state index in [-0.39, 0.29) is 10.7 Å². The first-order chi connectivity index (χ1) is 7.30. The highest BCUT2D eigenvalue weighted by Crippen LogP contribution is 2.23. The Hall–Kier alpha value is -0.730. The van der Waals surface area contributed by atoms with Crippen LogP contribution >= 0.6 is 28.1 Å². The molecule has 0 aliphatic rings. The Morgan fingerprint density at radius 2 is 2.19 bits per heavy atom. The summed E-state index contributed by atoms with van der Waals surface area (Å²) < 4.78 is 38.4. The van der Waals surface area contributed by atoms with E-state index in [9.17, 15) is 12.8 Å². The average molecular weight is 327 g/mol. The lowest BCUT2D eigenvalue weighted by molar-refractivity contribution is 0.604. The summed E-state index contributed by atoms with van der Waals surface area (Å²) in [6, 6.07) is 3.66. The van der Waals surface area contributed by atoms with Gasteiger partial charge in [0.05, 0.1) is 10.7 Å². The minimum Gasteiger partial charge on any atom is -0.392 e. The molecule has 0 aliphatic heterocycles. The van der Waals surface area contributed by atoms with E-state index in [4.69, 9.17) is 5.73 Å². The van der Waals surface area contributed by atoms with Crippen LogP contribution in [0.15, 0.2) is 22.7 Å². The molecule has 16 heavy (non-hydrogen) atoms. The fourth-order valence-corrected chi connectivity index (χ4v) is 2.86. The fraction of sp³-hybridized carbons (Fsp3) is 0.125. The van der Waals surface area contributed by atoms with E-state index < -0.39 is 21.6 Å². The Labute approximate surface area is 106 Å². The van der Waals surface area contributed by atoms with Crippen LogP contribution in [0, 0.1) is 5.82 Å². The number of anilines is 1. The van der Waals surface area contributed by atoms with Crippen molar-refractivity contribution in [2.24, 2.45) is 5.73 Å². The molecule has 0 radical (unpaired) electrons. The van der Waals surface area contributed by atoms with Gasteiger partial charge in [-0.15, -0.1) is 0 Å². The van der Waals surface area contributed by atoms with Gasteiger partial charge < -0.3 is 5.73 Å². The molecule has 0 amide bonds. The molecule has 0 aromatic heterocycles. The number of halogens is 2. The Morgan fingerprint density at radius 1 is 1.56 bits per heavy atom. The molecule has 1 aromatic carbocycles. The third-order valence-electron chi connectivity index (χ3n) is 1.53. The number of benzene rings is 1. The zero-order valence-electron chi connectivity index (χ0n) is 7.91. The Bertz CT molecular complexity index is 519. The topological polar surface area (TPSA) is 72.2 Å². The van der Waals surface area contributed by atoms with Crippen molar-refractivity contribution >= 4 is 48.8 Å². The normalized spacial score (nSPS) is 11.1. The molecule has 0 spiro atoms. The monoisotopic (exact) mass is 326 g/mol. The molecule has 0 fully saturated rings. The van der Waals surface area contributed by atoms with Gasteiger partial charge in [-0.05, 0) is 34.1 Å². The molecule has 8 heteroatoms. The molecular formula is C8H8BrFN2O2S2. The molecule has 0 bridgehead atoms. The van der Waals surface area contributed by atoms with E-state index in [1.807, 2.05) is 0 Å². The second-order valence-electron chi connectivity index (χ2n) is 2.95. The summed E-state index contributed by atoms with van der Waals surface area (Å²) in [5.74, 6) is -1.03. The van der Waals surface area contributed by atoms with Gasteiger partial charge in [0.1, 0.15) is 11.6 Å². The minimum absolute atomic E-state index is 0.108. The third kappa shape index (κ3) is 4.03. The number of hydrogen-bond acceptors (Lipinski definition) is 3. The van der Waals surface area contributed by atoms with Crippen molar-refractivity contribution in [2.75, 3.05) is 10.5 Å². The molecule has 1 aromatic rings. The SMILES string of the molecule is NC(=S)CS(=O)(=O)Nc1cc(F)ccc1Br. The number of rotatable bonds is 4. The van der Waals surface area contributed by atoms with E-state index in [0.717, 1.165) is 6.07 Å². The van der Waals surface area contributed by atoms with Gasteiger partial charge in [0.25, 0.3) is 0 Å². The van der Waals surface area contributed by atoms with Crippen LogP contribution in [0.2, 0.25) is 0 Å². The van der Waals surface area contributed by atoms with Gasteiger partial charge in [0.2, 0.25) is 10.0 Å². The van der Waals surface area contributed by atoms with E-state index in [0.29, 0.717) is 4.47 Å². The molecule has 0 heterocycles. The molecule has 0 unspecified atom stereocenters. The summed E-state index contributed by atoms with van der Waals surface area (Å²) in [6.07, 6.45) is 0. The number of thiocarbonyl (C=S) groups is 1.